The monoisotopic (exact) mass is 463 g/mol. The third-order valence-corrected chi connectivity index (χ3v) is 6.94. The Bertz CT molecular complexity index is 1110. The van der Waals surface area contributed by atoms with Gasteiger partial charge in [-0.2, -0.15) is 0 Å². The van der Waals surface area contributed by atoms with Crippen LogP contribution in [-0.4, -0.2) is 30.5 Å². The predicted molar refractivity (Wildman–Crippen MR) is 141 cm³/mol. The number of hydrogen-bond donors (Lipinski definition) is 2. The molecule has 0 spiro atoms. The number of benzene rings is 2. The zero-order valence-electron chi connectivity index (χ0n) is 20.2. The molecule has 1 heterocycles. The van der Waals surface area contributed by atoms with Crippen LogP contribution in [0.2, 0.25) is 0 Å². The van der Waals surface area contributed by atoms with Crippen molar-refractivity contribution in [3.8, 4) is 5.75 Å². The van der Waals surface area contributed by atoms with Crippen LogP contribution in [0.3, 0.4) is 0 Å². The quantitative estimate of drug-likeness (QED) is 0.484. The fraction of sp³-hybridized carbons (Fsp3) is 0.370. The second kappa shape index (κ2) is 10.4. The fourth-order valence-corrected chi connectivity index (χ4v) is 4.69. The second-order valence-electron chi connectivity index (χ2n) is 9.50. The number of phenolic OH excluding ortho intramolecular Hbond substituents is 1. The van der Waals surface area contributed by atoms with Gasteiger partial charge in [-0.3, -0.25) is 14.8 Å². The van der Waals surface area contributed by atoms with Crippen molar-refractivity contribution in [3.05, 3.63) is 69.8 Å². The van der Waals surface area contributed by atoms with Crippen LogP contribution in [0.25, 0.3) is 0 Å². The Kier molecular flexibility index (Phi) is 7.80. The smallest absolute Gasteiger partial charge is 0.255 e. The lowest BCUT2D eigenvalue weighted by Crippen LogP contribution is -2.18. The molecule has 174 valence electrons. The molecule has 2 atom stereocenters. The van der Waals surface area contributed by atoms with E-state index in [0.717, 1.165) is 27.6 Å². The normalized spacial score (nSPS) is 18.7. The van der Waals surface area contributed by atoms with E-state index < -0.39 is 0 Å². The van der Waals surface area contributed by atoms with Crippen LogP contribution >= 0.6 is 11.8 Å². The molecule has 0 aromatic heterocycles. The highest BCUT2D eigenvalue weighted by Gasteiger charge is 2.22. The lowest BCUT2D eigenvalue weighted by Gasteiger charge is -2.23. The molecule has 1 aliphatic rings. The van der Waals surface area contributed by atoms with Crippen molar-refractivity contribution >= 4 is 35.8 Å². The third kappa shape index (κ3) is 6.14. The minimum atomic E-state index is -0.259. The van der Waals surface area contributed by atoms with Gasteiger partial charge in [-0.05, 0) is 53.1 Å². The van der Waals surface area contributed by atoms with Gasteiger partial charge < -0.3 is 10.4 Å². The Morgan fingerprint density at radius 1 is 1.21 bits per heavy atom. The summed E-state index contributed by atoms with van der Waals surface area (Å²) in [5, 5.41) is 14.2. The molecule has 3 rings (SSSR count). The van der Waals surface area contributed by atoms with Crippen molar-refractivity contribution in [3.63, 3.8) is 0 Å². The number of hydrogen-bond acceptors (Lipinski definition) is 5. The van der Waals surface area contributed by atoms with Gasteiger partial charge in [0.2, 0.25) is 0 Å². The van der Waals surface area contributed by atoms with Gasteiger partial charge in [-0.1, -0.05) is 46.8 Å². The van der Waals surface area contributed by atoms with E-state index in [-0.39, 0.29) is 17.1 Å². The summed E-state index contributed by atoms with van der Waals surface area (Å²) in [6.07, 6.45) is 3.93. The minimum absolute atomic E-state index is 0.200. The van der Waals surface area contributed by atoms with Crippen molar-refractivity contribution < 1.29 is 9.90 Å². The van der Waals surface area contributed by atoms with E-state index in [4.69, 9.17) is 0 Å². The topological polar surface area (TPSA) is 74.0 Å². The predicted octanol–water partition coefficient (Wildman–Crippen LogP) is 6.44. The highest BCUT2D eigenvalue weighted by Crippen LogP contribution is 2.34. The van der Waals surface area contributed by atoms with E-state index in [2.05, 4.69) is 29.1 Å². The molecule has 2 N–H and O–H groups in total. The van der Waals surface area contributed by atoms with Crippen LogP contribution < -0.4 is 5.32 Å². The van der Waals surface area contributed by atoms with Gasteiger partial charge in [-0.25, -0.2) is 0 Å². The third-order valence-electron chi connectivity index (χ3n) is 5.85. The number of nitrogens with one attached hydrogen (secondary N) is 1. The minimum Gasteiger partial charge on any atom is -0.508 e. The summed E-state index contributed by atoms with van der Waals surface area (Å²) in [6, 6.07) is 12.9. The van der Waals surface area contributed by atoms with Gasteiger partial charge in [-0.15, -0.1) is 11.8 Å². The Hall–Kier alpha value is -2.86. The van der Waals surface area contributed by atoms with Gasteiger partial charge >= 0.3 is 0 Å². The number of anilines is 1. The summed E-state index contributed by atoms with van der Waals surface area (Å²) in [5.74, 6) is 1.51. The van der Waals surface area contributed by atoms with E-state index in [1.54, 1.807) is 37.0 Å². The number of allylic oxidation sites excluding steroid dienone is 1. The molecule has 2 aromatic rings. The number of amides is 1. The maximum absolute atomic E-state index is 12.9. The number of rotatable bonds is 6. The number of phenols is 1. The van der Waals surface area contributed by atoms with Crippen LogP contribution in [0, 0.1) is 11.8 Å². The van der Waals surface area contributed by atoms with Crippen LogP contribution in [0.1, 0.15) is 56.1 Å². The zero-order chi connectivity index (χ0) is 24.2. The summed E-state index contributed by atoms with van der Waals surface area (Å²) >= 11 is 1.68. The Balaban J connectivity index is 1.73. The Morgan fingerprint density at radius 2 is 1.97 bits per heavy atom. The molecule has 2 unspecified atom stereocenters. The average molecular weight is 464 g/mol. The van der Waals surface area contributed by atoms with Gasteiger partial charge in [0.1, 0.15) is 10.8 Å². The van der Waals surface area contributed by atoms with Crippen molar-refractivity contribution in [1.29, 1.82) is 0 Å². The van der Waals surface area contributed by atoms with Crippen molar-refractivity contribution in [1.82, 2.24) is 0 Å². The van der Waals surface area contributed by atoms with E-state index in [0.29, 0.717) is 17.4 Å². The first-order valence-corrected chi connectivity index (χ1v) is 12.2. The Labute approximate surface area is 201 Å². The maximum Gasteiger partial charge on any atom is 0.255 e. The van der Waals surface area contributed by atoms with Crippen molar-refractivity contribution in [2.45, 2.75) is 45.8 Å². The van der Waals surface area contributed by atoms with E-state index in [1.165, 1.54) is 5.57 Å². The molecule has 1 amide bonds. The molecule has 0 bridgehead atoms. The van der Waals surface area contributed by atoms with Gasteiger partial charge in [0.15, 0.2) is 0 Å². The van der Waals surface area contributed by atoms with E-state index >= 15 is 0 Å². The molecule has 0 saturated heterocycles. The Morgan fingerprint density at radius 3 is 2.67 bits per heavy atom. The molecule has 33 heavy (non-hydrogen) atoms. The lowest BCUT2D eigenvalue weighted by molar-refractivity contribution is 0.102. The van der Waals surface area contributed by atoms with Crippen LogP contribution in [-0.2, 0) is 11.2 Å². The molecule has 1 aliphatic heterocycles. The molecule has 0 aliphatic carbocycles. The zero-order valence-corrected chi connectivity index (χ0v) is 21.0. The summed E-state index contributed by atoms with van der Waals surface area (Å²) in [7, 11) is 1.79. The number of aromatic hydroxyl groups is 1. The van der Waals surface area contributed by atoms with Crippen molar-refractivity contribution in [2.75, 3.05) is 12.4 Å². The van der Waals surface area contributed by atoms with Crippen molar-refractivity contribution in [2.24, 2.45) is 21.8 Å². The molecular formula is C27H33N3O2S. The maximum atomic E-state index is 12.9. The van der Waals surface area contributed by atoms with E-state index in [9.17, 15) is 9.90 Å². The molecule has 5 nitrogen and oxygen atoms in total. The largest absolute Gasteiger partial charge is 0.508 e. The standard InChI is InChI=1S/C27H33N3O2S/c1-17-14-29-26(22(15-28-6)18(17)2)33-16-19-8-7-9-21(12-19)30-25(32)20-10-11-24(31)23(13-20)27(3,4)5/h7-15,17-18,31H,16H2,1-6H3,(H,30,32). The fourth-order valence-electron chi connectivity index (χ4n) is 3.67. The number of thioether (sulfide) groups is 1. The molecular weight excluding hydrogens is 430 g/mol. The molecule has 0 radical (unpaired) electrons. The molecule has 6 heteroatoms. The number of nitrogens with zero attached hydrogens (tertiary/aromatic N) is 2. The van der Waals surface area contributed by atoms with Crippen LogP contribution in [0.15, 0.2) is 63.1 Å². The number of carbonyl (C=O) groups is 1. The first-order valence-electron chi connectivity index (χ1n) is 11.2. The number of aliphatic imine (C=N–C) groups is 2. The number of carbonyl (C=O) groups excluding carboxylic acids is 1. The first-order chi connectivity index (χ1) is 15.6. The highest BCUT2D eigenvalue weighted by molar-refractivity contribution is 8.02. The highest BCUT2D eigenvalue weighted by atomic mass is 32.2. The molecule has 2 aromatic carbocycles. The molecule has 0 saturated carbocycles. The van der Waals surface area contributed by atoms with Gasteiger partial charge in [0.05, 0.1) is 0 Å². The average Bonchev–Trinajstić information content (AvgIpc) is 2.76. The summed E-state index contributed by atoms with van der Waals surface area (Å²) in [6.45, 7) is 10.4. The van der Waals surface area contributed by atoms with Gasteiger partial charge in [0, 0.05) is 47.6 Å². The van der Waals surface area contributed by atoms with Gasteiger partial charge in [0.25, 0.3) is 5.91 Å². The summed E-state index contributed by atoms with van der Waals surface area (Å²) < 4.78 is 0. The van der Waals surface area contributed by atoms with E-state index in [1.807, 2.05) is 57.5 Å². The first kappa shape index (κ1) is 24.8. The SMILES string of the molecule is CN=CC1=C(SCc2cccc(NC(=O)c3ccc(O)c(C(C)(C)C)c3)c2)N=CC(C)C1C. The lowest BCUT2D eigenvalue weighted by atomic mass is 9.85. The second-order valence-corrected chi connectivity index (χ2v) is 10.5. The summed E-state index contributed by atoms with van der Waals surface area (Å²) in [4.78, 5) is 21.7. The molecule has 0 fully saturated rings. The summed E-state index contributed by atoms with van der Waals surface area (Å²) in [5.41, 5.74) is 4.01. The van der Waals surface area contributed by atoms with Crippen LogP contribution in [0.4, 0.5) is 5.69 Å². The van der Waals surface area contributed by atoms with Crippen LogP contribution in [0.5, 0.6) is 5.75 Å².